The van der Waals surface area contributed by atoms with Gasteiger partial charge in [-0.25, -0.2) is 18.6 Å². The maximum Gasteiger partial charge on any atom is 0.335 e. The second-order valence-electron chi connectivity index (χ2n) is 13.1. The zero-order chi connectivity index (χ0) is 33.3. The van der Waals surface area contributed by atoms with E-state index in [4.69, 9.17) is 0 Å². The molecule has 4 aromatic rings. The van der Waals surface area contributed by atoms with E-state index < -0.39 is 35.0 Å². The lowest BCUT2D eigenvalue weighted by Crippen LogP contribution is -2.49. The molecule has 3 aromatic heterocycles. The van der Waals surface area contributed by atoms with Crippen molar-refractivity contribution in [3.63, 3.8) is 0 Å². The molecule has 0 saturated carbocycles. The average molecular weight is 645 g/mol. The number of pyridine rings is 2. The predicted octanol–water partition coefficient (Wildman–Crippen LogP) is 4.85. The van der Waals surface area contributed by atoms with Gasteiger partial charge in [0.15, 0.2) is 5.60 Å². The van der Waals surface area contributed by atoms with Crippen LogP contribution in [0.25, 0.3) is 22.2 Å². The Morgan fingerprint density at radius 3 is 2.51 bits per heavy atom. The fourth-order valence-electron chi connectivity index (χ4n) is 6.51. The molecule has 6 rings (SSSR count). The summed E-state index contributed by atoms with van der Waals surface area (Å²) in [5.74, 6) is -2.50. The van der Waals surface area contributed by atoms with Crippen molar-refractivity contribution in [2.45, 2.75) is 69.7 Å². The summed E-state index contributed by atoms with van der Waals surface area (Å²) in [5, 5.41) is 30.9. The van der Waals surface area contributed by atoms with Gasteiger partial charge in [-0.3, -0.25) is 9.78 Å². The van der Waals surface area contributed by atoms with Crippen LogP contribution < -0.4 is 5.32 Å². The van der Waals surface area contributed by atoms with Gasteiger partial charge in [0, 0.05) is 54.5 Å². The Morgan fingerprint density at radius 1 is 1.06 bits per heavy atom. The highest BCUT2D eigenvalue weighted by Gasteiger charge is 2.40. The molecule has 1 aromatic carbocycles. The Bertz CT molecular complexity index is 1780. The summed E-state index contributed by atoms with van der Waals surface area (Å²) < 4.78 is 31.0. The molecule has 1 amide bonds. The van der Waals surface area contributed by atoms with Crippen molar-refractivity contribution in [3.05, 3.63) is 83.2 Å². The van der Waals surface area contributed by atoms with Crippen LogP contribution in [0.15, 0.2) is 55.0 Å². The van der Waals surface area contributed by atoms with Gasteiger partial charge < -0.3 is 20.4 Å². The van der Waals surface area contributed by atoms with Gasteiger partial charge in [0.1, 0.15) is 17.0 Å². The first kappa shape index (κ1) is 32.5. The number of aliphatic carboxylic acids is 1. The minimum absolute atomic E-state index is 0.102. The summed E-state index contributed by atoms with van der Waals surface area (Å²) >= 11 is 0. The van der Waals surface area contributed by atoms with Gasteiger partial charge in [-0.05, 0) is 79.5 Å². The molecule has 1 fully saturated rings. The standard InChI is InChI=1S/C35H38F2N6O4/c1-21(2)34(37)8-5-29-26(18-34)16-24-15-25(17-27(36)31(24)41-29)32(44)42-30(7-12-43-13-9-35(47,10-14-43)33(45)46)22-3-4-28(38-19-22)23-6-11-39-40-20-23/h3-4,6,11,15-17,19-21,30,47H,5,7-10,12-14,18H2,1-2H3,(H,42,44)(H,45,46)/t30-,34+/m1/s1. The first-order chi connectivity index (χ1) is 22.4. The van der Waals surface area contributed by atoms with Gasteiger partial charge in [0.2, 0.25) is 0 Å². The number of alkyl halides is 1. The molecule has 1 saturated heterocycles. The molecule has 0 spiro atoms. The molecule has 1 aliphatic heterocycles. The van der Waals surface area contributed by atoms with E-state index in [1.165, 1.54) is 6.07 Å². The van der Waals surface area contributed by atoms with Crippen LogP contribution in [0.3, 0.4) is 0 Å². The van der Waals surface area contributed by atoms with Crippen LogP contribution in [0.5, 0.6) is 0 Å². The fraction of sp³-hybridized carbons (Fsp3) is 0.429. The number of aromatic nitrogens is 4. The Morgan fingerprint density at radius 2 is 1.85 bits per heavy atom. The van der Waals surface area contributed by atoms with Gasteiger partial charge in [0.05, 0.1) is 24.1 Å². The van der Waals surface area contributed by atoms with Crippen molar-refractivity contribution in [1.82, 2.24) is 30.4 Å². The van der Waals surface area contributed by atoms with Crippen LogP contribution in [0.4, 0.5) is 8.78 Å². The number of nitrogens with one attached hydrogen (secondary N) is 1. The molecule has 1 aliphatic carbocycles. The Labute approximate surface area is 271 Å². The summed E-state index contributed by atoms with van der Waals surface area (Å²) in [6, 6.07) is 9.50. The second kappa shape index (κ2) is 13.0. The number of hydrogen-bond acceptors (Lipinski definition) is 8. The molecule has 3 N–H and O–H groups in total. The smallest absolute Gasteiger partial charge is 0.335 e. The van der Waals surface area contributed by atoms with Crippen LogP contribution in [-0.2, 0) is 17.6 Å². The lowest BCUT2D eigenvalue weighted by Gasteiger charge is -2.36. The van der Waals surface area contributed by atoms with Gasteiger partial charge in [0.25, 0.3) is 5.91 Å². The number of rotatable bonds is 9. The summed E-state index contributed by atoms with van der Waals surface area (Å²) in [5.41, 5.74) is 0.804. The van der Waals surface area contributed by atoms with E-state index in [1.54, 1.807) is 36.8 Å². The number of piperidine rings is 1. The predicted molar refractivity (Wildman–Crippen MR) is 171 cm³/mol. The molecule has 246 valence electrons. The number of carbonyl (C=O) groups is 2. The third-order valence-corrected chi connectivity index (χ3v) is 9.79. The number of carboxylic acid groups (broad SMARTS) is 1. The van der Waals surface area contributed by atoms with Gasteiger partial charge >= 0.3 is 5.97 Å². The lowest BCUT2D eigenvalue weighted by molar-refractivity contribution is -0.163. The van der Waals surface area contributed by atoms with E-state index in [9.17, 15) is 19.8 Å². The van der Waals surface area contributed by atoms with E-state index in [-0.39, 0.29) is 36.3 Å². The number of likely N-dealkylation sites (tertiary alicyclic amines) is 1. The molecule has 0 bridgehead atoms. The van der Waals surface area contributed by atoms with Crippen molar-refractivity contribution < 1.29 is 28.6 Å². The monoisotopic (exact) mass is 644 g/mol. The maximum atomic E-state index is 15.5. The van der Waals surface area contributed by atoms with E-state index >= 15 is 8.78 Å². The van der Waals surface area contributed by atoms with Gasteiger partial charge in [-0.1, -0.05) is 19.9 Å². The number of nitrogens with zero attached hydrogens (tertiary/aromatic N) is 5. The van der Waals surface area contributed by atoms with E-state index in [1.807, 2.05) is 30.9 Å². The maximum absolute atomic E-state index is 15.5. The van der Waals surface area contributed by atoms with Crippen molar-refractivity contribution in [2.24, 2.45) is 5.92 Å². The number of amides is 1. The first-order valence-electron chi connectivity index (χ1n) is 16.0. The second-order valence-corrected chi connectivity index (χ2v) is 13.1. The fourth-order valence-corrected chi connectivity index (χ4v) is 6.51. The average Bonchev–Trinajstić information content (AvgIpc) is 3.07. The third kappa shape index (κ3) is 6.84. The molecule has 0 unspecified atom stereocenters. The van der Waals surface area contributed by atoms with Crippen molar-refractivity contribution in [1.29, 1.82) is 0 Å². The first-order valence-corrected chi connectivity index (χ1v) is 16.0. The number of carbonyl (C=O) groups excluding carboxylic acids is 1. The summed E-state index contributed by atoms with van der Waals surface area (Å²) in [6.45, 7) is 5.01. The summed E-state index contributed by atoms with van der Waals surface area (Å²) in [7, 11) is 0. The quantitative estimate of drug-likeness (QED) is 0.233. The van der Waals surface area contributed by atoms with Crippen molar-refractivity contribution >= 4 is 22.8 Å². The van der Waals surface area contributed by atoms with Crippen LogP contribution >= 0.6 is 0 Å². The van der Waals surface area contributed by atoms with Crippen LogP contribution in [-0.4, -0.2) is 78.1 Å². The Balaban J connectivity index is 1.24. The van der Waals surface area contributed by atoms with Crippen LogP contribution in [0.2, 0.25) is 0 Å². The number of halogens is 2. The number of benzene rings is 1. The number of aliphatic hydroxyl groups is 1. The highest BCUT2D eigenvalue weighted by Crippen LogP contribution is 2.38. The van der Waals surface area contributed by atoms with Crippen molar-refractivity contribution in [2.75, 3.05) is 19.6 Å². The zero-order valence-electron chi connectivity index (χ0n) is 26.4. The molecule has 47 heavy (non-hydrogen) atoms. The summed E-state index contributed by atoms with van der Waals surface area (Å²) in [4.78, 5) is 36.3. The highest BCUT2D eigenvalue weighted by atomic mass is 19.1. The number of carboxylic acids is 1. The number of hydrogen-bond donors (Lipinski definition) is 3. The van der Waals surface area contributed by atoms with E-state index in [0.29, 0.717) is 55.7 Å². The molecule has 2 atom stereocenters. The topological polar surface area (TPSA) is 141 Å². The zero-order valence-corrected chi connectivity index (χ0v) is 26.4. The van der Waals surface area contributed by atoms with E-state index in [0.717, 1.165) is 16.7 Å². The number of fused-ring (bicyclic) bond motifs is 2. The van der Waals surface area contributed by atoms with Gasteiger partial charge in [-0.2, -0.15) is 10.2 Å². The summed E-state index contributed by atoms with van der Waals surface area (Å²) in [6.07, 6.45) is 6.48. The molecular weight excluding hydrogens is 606 g/mol. The van der Waals surface area contributed by atoms with Gasteiger partial charge in [-0.15, -0.1) is 0 Å². The minimum Gasteiger partial charge on any atom is -0.479 e. The molecule has 12 heteroatoms. The van der Waals surface area contributed by atoms with Crippen molar-refractivity contribution in [3.8, 4) is 11.3 Å². The molecular formula is C35H38F2N6O4. The SMILES string of the molecule is CC(C)[C@]1(F)CCc2nc3c(F)cc(C(=O)N[C@H](CCN4CCC(O)(C(=O)O)CC4)c4ccc(-c5ccnnc5)nc4)cc3cc2C1. The van der Waals surface area contributed by atoms with Crippen LogP contribution in [0.1, 0.15) is 72.8 Å². The minimum atomic E-state index is -1.74. The molecule has 2 aliphatic rings. The van der Waals surface area contributed by atoms with Crippen LogP contribution in [0, 0.1) is 11.7 Å². The Kier molecular flexibility index (Phi) is 8.99. The number of aryl methyl sites for hydroxylation is 1. The highest BCUT2D eigenvalue weighted by molar-refractivity contribution is 5.98. The largest absolute Gasteiger partial charge is 0.479 e. The third-order valence-electron chi connectivity index (χ3n) is 9.79. The lowest BCUT2D eigenvalue weighted by atomic mass is 9.77. The van der Waals surface area contributed by atoms with E-state index in [2.05, 4.69) is 25.5 Å². The molecule has 4 heterocycles. The normalized spacial score (nSPS) is 20.1. The Hall–Kier alpha value is -4.42. The molecule has 10 nitrogen and oxygen atoms in total. The molecule has 0 radical (unpaired) electrons.